The smallest absolute Gasteiger partial charge is 0.234 e. The van der Waals surface area contributed by atoms with Gasteiger partial charge in [0.2, 0.25) is 5.91 Å². The van der Waals surface area contributed by atoms with Gasteiger partial charge in [-0.1, -0.05) is 12.1 Å². The molecule has 0 spiro atoms. The molecule has 6 nitrogen and oxygen atoms in total. The number of carbonyl (C=O) groups is 1. The molecule has 0 aliphatic rings. The van der Waals surface area contributed by atoms with Crippen LogP contribution in [0.25, 0.3) is 21.3 Å². The minimum atomic E-state index is -0.0430. The molecule has 0 radical (unpaired) electrons. The van der Waals surface area contributed by atoms with Crippen LogP contribution < -0.4 is 5.32 Å². The van der Waals surface area contributed by atoms with E-state index in [1.165, 1.54) is 4.70 Å². The van der Waals surface area contributed by atoms with Gasteiger partial charge in [0.25, 0.3) is 0 Å². The van der Waals surface area contributed by atoms with Crippen molar-refractivity contribution in [3.63, 3.8) is 0 Å². The topological polar surface area (TPSA) is 72.7 Å². The summed E-state index contributed by atoms with van der Waals surface area (Å²) in [6, 6.07) is 10.2. The number of rotatable bonds is 6. The van der Waals surface area contributed by atoms with Crippen molar-refractivity contribution in [2.75, 3.05) is 11.1 Å². The number of nitrogens with one attached hydrogen (secondary N) is 1. The summed E-state index contributed by atoms with van der Waals surface area (Å²) >= 11 is 3.24. The Hall–Kier alpha value is -2.45. The van der Waals surface area contributed by atoms with Gasteiger partial charge >= 0.3 is 0 Å². The van der Waals surface area contributed by atoms with Crippen LogP contribution in [-0.4, -0.2) is 31.4 Å². The van der Waals surface area contributed by atoms with Crippen LogP contribution in [0.3, 0.4) is 0 Å². The lowest BCUT2D eigenvalue weighted by Crippen LogP contribution is -2.14. The first-order valence-corrected chi connectivity index (χ1v) is 10.6. The van der Waals surface area contributed by atoms with Crippen LogP contribution >= 0.6 is 23.1 Å². The van der Waals surface area contributed by atoms with Crippen molar-refractivity contribution in [3.8, 4) is 0 Å². The summed E-state index contributed by atoms with van der Waals surface area (Å²) in [6.07, 6.45) is 3.46. The lowest BCUT2D eigenvalue weighted by molar-refractivity contribution is -0.113. The molecule has 27 heavy (non-hydrogen) atoms. The quantitative estimate of drug-likeness (QED) is 0.519. The number of para-hydroxylation sites is 1. The monoisotopic (exact) mass is 397 g/mol. The summed E-state index contributed by atoms with van der Waals surface area (Å²) in [6.45, 7) is 4.12. The first-order chi connectivity index (χ1) is 13.1. The number of anilines is 1. The zero-order valence-corrected chi connectivity index (χ0v) is 16.7. The van der Waals surface area contributed by atoms with Crippen LogP contribution in [0.2, 0.25) is 0 Å². The average Bonchev–Trinajstić information content (AvgIpc) is 3.24. The molecule has 3 aromatic heterocycles. The fraction of sp³-hybridized carbons (Fsp3) is 0.263. The van der Waals surface area contributed by atoms with Crippen molar-refractivity contribution in [2.24, 2.45) is 0 Å². The third kappa shape index (κ3) is 3.96. The summed E-state index contributed by atoms with van der Waals surface area (Å²) < 4.78 is 3.05. The molecule has 0 unspecified atom stereocenters. The number of amides is 1. The zero-order valence-electron chi connectivity index (χ0n) is 15.0. The molecule has 0 aliphatic heterocycles. The molecule has 3 heterocycles. The highest BCUT2D eigenvalue weighted by Crippen LogP contribution is 2.25. The number of thioether (sulfide) groups is 1. The molecular weight excluding hydrogens is 378 g/mol. The van der Waals surface area contributed by atoms with Crippen molar-refractivity contribution in [1.29, 1.82) is 0 Å². The lowest BCUT2D eigenvalue weighted by Gasteiger charge is -2.07. The number of fused-ring (bicyclic) bond motifs is 2. The Kier molecular flexibility index (Phi) is 5.09. The van der Waals surface area contributed by atoms with Crippen LogP contribution in [0.4, 0.5) is 5.69 Å². The summed E-state index contributed by atoms with van der Waals surface area (Å²) in [5, 5.41) is 9.22. The van der Waals surface area contributed by atoms with Gasteiger partial charge in [0.1, 0.15) is 5.01 Å². The Labute approximate surface area is 165 Å². The zero-order chi connectivity index (χ0) is 18.8. The molecule has 1 N–H and O–H groups in total. The minimum Gasteiger partial charge on any atom is -0.324 e. The van der Waals surface area contributed by atoms with Crippen LogP contribution in [0.5, 0.6) is 0 Å². The summed E-state index contributed by atoms with van der Waals surface area (Å²) in [5.41, 5.74) is 2.54. The van der Waals surface area contributed by atoms with Crippen molar-refractivity contribution in [1.82, 2.24) is 19.7 Å². The number of pyridine rings is 1. The molecule has 1 amide bonds. The molecule has 0 atom stereocenters. The molecule has 0 fully saturated rings. The molecular formula is C19H19N5OS2. The second-order valence-corrected chi connectivity index (χ2v) is 8.54. The van der Waals surface area contributed by atoms with Gasteiger partial charge in [0.05, 0.1) is 34.1 Å². The van der Waals surface area contributed by atoms with Gasteiger partial charge in [-0.05, 0) is 32.0 Å². The van der Waals surface area contributed by atoms with E-state index in [0.717, 1.165) is 27.3 Å². The largest absolute Gasteiger partial charge is 0.324 e. The van der Waals surface area contributed by atoms with Crippen LogP contribution in [-0.2, 0) is 10.5 Å². The van der Waals surface area contributed by atoms with Gasteiger partial charge in [-0.3, -0.25) is 4.79 Å². The van der Waals surface area contributed by atoms with Crippen LogP contribution in [0.15, 0.2) is 42.7 Å². The molecule has 4 rings (SSSR count). The Bertz CT molecular complexity index is 1070. The average molecular weight is 398 g/mol. The molecule has 0 bridgehead atoms. The van der Waals surface area contributed by atoms with Crippen LogP contribution in [0, 0.1) is 0 Å². The maximum Gasteiger partial charge on any atom is 0.234 e. The molecule has 8 heteroatoms. The van der Waals surface area contributed by atoms with Gasteiger partial charge < -0.3 is 5.32 Å². The number of carbonyl (C=O) groups excluding carboxylic acids is 1. The highest BCUT2D eigenvalue weighted by molar-refractivity contribution is 7.99. The summed E-state index contributed by atoms with van der Waals surface area (Å²) in [7, 11) is 0. The molecule has 0 saturated carbocycles. The van der Waals surface area contributed by atoms with Gasteiger partial charge in [-0.2, -0.15) is 5.10 Å². The van der Waals surface area contributed by atoms with E-state index in [1.807, 2.05) is 28.9 Å². The third-order valence-electron chi connectivity index (χ3n) is 4.00. The fourth-order valence-electron chi connectivity index (χ4n) is 2.80. The molecule has 1 aromatic carbocycles. The number of hydrogen-bond donors (Lipinski definition) is 1. The minimum absolute atomic E-state index is 0.0430. The molecule has 138 valence electrons. The molecule has 0 saturated heterocycles. The normalized spacial score (nSPS) is 11.5. The predicted octanol–water partition coefficient (Wildman–Crippen LogP) is 4.49. The van der Waals surface area contributed by atoms with E-state index in [0.29, 0.717) is 11.4 Å². The lowest BCUT2D eigenvalue weighted by atomic mass is 10.3. The predicted molar refractivity (Wildman–Crippen MR) is 112 cm³/mol. The van der Waals surface area contributed by atoms with Crippen molar-refractivity contribution >= 4 is 55.9 Å². The number of hydrogen-bond acceptors (Lipinski definition) is 6. The molecule has 4 aromatic rings. The van der Waals surface area contributed by atoms with Gasteiger partial charge in [0, 0.05) is 17.2 Å². The Morgan fingerprint density at radius 1 is 1.30 bits per heavy atom. The first kappa shape index (κ1) is 17.9. The fourth-order valence-corrected chi connectivity index (χ4v) is 4.64. The van der Waals surface area contributed by atoms with E-state index < -0.39 is 0 Å². The van der Waals surface area contributed by atoms with Gasteiger partial charge in [-0.15, -0.1) is 23.1 Å². The highest BCUT2D eigenvalue weighted by Gasteiger charge is 2.10. The van der Waals surface area contributed by atoms with E-state index in [2.05, 4.69) is 40.3 Å². The van der Waals surface area contributed by atoms with Gasteiger partial charge in [-0.25, -0.2) is 14.6 Å². The van der Waals surface area contributed by atoms with E-state index >= 15 is 0 Å². The Balaban J connectivity index is 1.34. The van der Waals surface area contributed by atoms with Crippen LogP contribution in [0.1, 0.15) is 24.9 Å². The standard InChI is InChI=1S/C19H19N5OS2/c1-12(2)24-19-13(8-21-24)7-14(9-20-19)22-17(25)10-26-11-18-23-15-5-3-4-6-16(15)27-18/h3-9,12H,10-11H2,1-2H3,(H,22,25). The SMILES string of the molecule is CC(C)n1ncc2cc(NC(=O)CSCc3nc4ccccc4s3)cnc21. The maximum absolute atomic E-state index is 12.2. The highest BCUT2D eigenvalue weighted by atomic mass is 32.2. The summed E-state index contributed by atoms with van der Waals surface area (Å²) in [4.78, 5) is 21.3. The van der Waals surface area contributed by atoms with E-state index in [-0.39, 0.29) is 11.9 Å². The number of thiazole rings is 1. The van der Waals surface area contributed by atoms with Gasteiger partial charge in [0.15, 0.2) is 5.65 Å². The molecule has 0 aliphatic carbocycles. The van der Waals surface area contributed by atoms with Crippen molar-refractivity contribution in [2.45, 2.75) is 25.6 Å². The number of nitrogens with zero attached hydrogens (tertiary/aromatic N) is 4. The Morgan fingerprint density at radius 3 is 2.96 bits per heavy atom. The van der Waals surface area contributed by atoms with Crippen molar-refractivity contribution in [3.05, 3.63) is 47.7 Å². The second-order valence-electron chi connectivity index (χ2n) is 6.44. The Morgan fingerprint density at radius 2 is 2.15 bits per heavy atom. The first-order valence-electron chi connectivity index (χ1n) is 8.65. The van der Waals surface area contributed by atoms with E-state index in [4.69, 9.17) is 0 Å². The summed E-state index contributed by atoms with van der Waals surface area (Å²) in [5.74, 6) is 1.06. The number of benzene rings is 1. The van der Waals surface area contributed by atoms with Crippen molar-refractivity contribution < 1.29 is 4.79 Å². The van der Waals surface area contributed by atoms with E-state index in [1.54, 1.807) is 35.5 Å². The maximum atomic E-state index is 12.2. The van der Waals surface area contributed by atoms with E-state index in [9.17, 15) is 4.79 Å². The second kappa shape index (κ2) is 7.66. The number of aromatic nitrogens is 4. The third-order valence-corrected chi connectivity index (χ3v) is 6.17.